The first kappa shape index (κ1) is 12.4. The molecule has 0 fully saturated rings. The second-order valence-electron chi connectivity index (χ2n) is 5.46. The highest BCUT2D eigenvalue weighted by Crippen LogP contribution is 2.33. The lowest BCUT2D eigenvalue weighted by molar-refractivity contribution is 0.762. The molecule has 0 unspecified atom stereocenters. The Morgan fingerprint density at radius 3 is 1.47 bits per heavy atom. The zero-order valence-corrected chi connectivity index (χ0v) is 11.2. The molecule has 0 radical (unpaired) electrons. The number of aromatic amines is 1. The standard InChI is InChI=1S/C14H25N/c1-8(2)12-11(7)13(9(3)4)15-14(12)10(5)6/h8-10,15H,1-7H3. The van der Waals surface area contributed by atoms with Crippen LogP contribution in [-0.4, -0.2) is 4.98 Å². The van der Waals surface area contributed by atoms with Crippen LogP contribution in [0.25, 0.3) is 0 Å². The molecule has 1 heterocycles. The van der Waals surface area contributed by atoms with Crippen molar-refractivity contribution in [1.82, 2.24) is 4.98 Å². The molecule has 0 amide bonds. The summed E-state index contributed by atoms with van der Waals surface area (Å²) >= 11 is 0. The first-order valence-electron chi connectivity index (χ1n) is 6.08. The zero-order chi connectivity index (χ0) is 11.7. The van der Waals surface area contributed by atoms with Crippen molar-refractivity contribution < 1.29 is 0 Å². The van der Waals surface area contributed by atoms with Crippen molar-refractivity contribution in [3.63, 3.8) is 0 Å². The summed E-state index contributed by atoms with van der Waals surface area (Å²) in [6.45, 7) is 15.9. The van der Waals surface area contributed by atoms with Crippen LogP contribution in [-0.2, 0) is 0 Å². The third kappa shape index (κ3) is 2.27. The van der Waals surface area contributed by atoms with Gasteiger partial charge in [0.1, 0.15) is 0 Å². The van der Waals surface area contributed by atoms with E-state index in [4.69, 9.17) is 0 Å². The summed E-state index contributed by atoms with van der Waals surface area (Å²) in [7, 11) is 0. The summed E-state index contributed by atoms with van der Waals surface area (Å²) in [5, 5.41) is 0. The highest BCUT2D eigenvalue weighted by molar-refractivity contribution is 5.41. The molecule has 1 aromatic rings. The van der Waals surface area contributed by atoms with E-state index in [0.29, 0.717) is 17.8 Å². The van der Waals surface area contributed by atoms with Gasteiger partial charge in [0, 0.05) is 11.4 Å². The molecular weight excluding hydrogens is 182 g/mol. The minimum absolute atomic E-state index is 0.591. The lowest BCUT2D eigenvalue weighted by Gasteiger charge is -2.11. The van der Waals surface area contributed by atoms with Gasteiger partial charge in [0.05, 0.1) is 0 Å². The van der Waals surface area contributed by atoms with Crippen molar-refractivity contribution in [1.29, 1.82) is 0 Å². The number of H-pyrrole nitrogens is 1. The van der Waals surface area contributed by atoms with Gasteiger partial charge in [-0.2, -0.15) is 0 Å². The Balaban J connectivity index is 3.33. The molecule has 0 atom stereocenters. The number of hydrogen-bond acceptors (Lipinski definition) is 0. The highest BCUT2D eigenvalue weighted by Gasteiger charge is 2.19. The van der Waals surface area contributed by atoms with Gasteiger partial charge in [0.15, 0.2) is 0 Å². The van der Waals surface area contributed by atoms with Crippen LogP contribution < -0.4 is 0 Å². The van der Waals surface area contributed by atoms with Crippen molar-refractivity contribution in [2.75, 3.05) is 0 Å². The monoisotopic (exact) mass is 207 g/mol. The maximum Gasteiger partial charge on any atom is 0.0213 e. The van der Waals surface area contributed by atoms with E-state index in [1.54, 1.807) is 0 Å². The summed E-state index contributed by atoms with van der Waals surface area (Å²) < 4.78 is 0. The highest BCUT2D eigenvalue weighted by atomic mass is 14.8. The molecule has 1 aromatic heterocycles. The summed E-state index contributed by atoms with van der Waals surface area (Å²) in [5.74, 6) is 1.80. The minimum Gasteiger partial charge on any atom is -0.361 e. The molecule has 15 heavy (non-hydrogen) atoms. The molecule has 0 saturated heterocycles. The predicted octanol–water partition coefficient (Wildman–Crippen LogP) is 4.69. The molecule has 1 nitrogen and oxygen atoms in total. The van der Waals surface area contributed by atoms with Gasteiger partial charge < -0.3 is 4.98 Å². The van der Waals surface area contributed by atoms with Crippen LogP contribution in [0, 0.1) is 6.92 Å². The van der Waals surface area contributed by atoms with E-state index in [1.807, 2.05) is 0 Å². The SMILES string of the molecule is Cc1c(C(C)C)[nH]c(C(C)C)c1C(C)C. The Hall–Kier alpha value is -0.720. The van der Waals surface area contributed by atoms with Gasteiger partial charge in [-0.3, -0.25) is 0 Å². The predicted molar refractivity (Wildman–Crippen MR) is 67.8 cm³/mol. The van der Waals surface area contributed by atoms with Crippen molar-refractivity contribution in [2.45, 2.75) is 66.2 Å². The van der Waals surface area contributed by atoms with Gasteiger partial charge in [-0.15, -0.1) is 0 Å². The van der Waals surface area contributed by atoms with Gasteiger partial charge >= 0.3 is 0 Å². The second kappa shape index (κ2) is 4.42. The third-order valence-corrected chi connectivity index (χ3v) is 3.10. The average molecular weight is 207 g/mol. The molecule has 1 N–H and O–H groups in total. The van der Waals surface area contributed by atoms with Crippen LogP contribution in [0.1, 0.15) is 81.8 Å². The number of nitrogens with one attached hydrogen (secondary N) is 1. The minimum atomic E-state index is 0.591. The Labute approximate surface area is 94.3 Å². The second-order valence-corrected chi connectivity index (χ2v) is 5.46. The van der Waals surface area contributed by atoms with Crippen molar-refractivity contribution in [2.24, 2.45) is 0 Å². The molecule has 0 aromatic carbocycles. The third-order valence-electron chi connectivity index (χ3n) is 3.10. The van der Waals surface area contributed by atoms with Crippen LogP contribution in [0.15, 0.2) is 0 Å². The van der Waals surface area contributed by atoms with Crippen LogP contribution in [0.2, 0.25) is 0 Å². The van der Waals surface area contributed by atoms with E-state index in [2.05, 4.69) is 53.5 Å². The molecule has 86 valence electrons. The van der Waals surface area contributed by atoms with Crippen LogP contribution >= 0.6 is 0 Å². The van der Waals surface area contributed by atoms with Gasteiger partial charge in [0.25, 0.3) is 0 Å². The van der Waals surface area contributed by atoms with E-state index in [1.165, 1.54) is 22.5 Å². The normalized spacial score (nSPS) is 12.1. The van der Waals surface area contributed by atoms with Gasteiger partial charge in [-0.1, -0.05) is 41.5 Å². The summed E-state index contributed by atoms with van der Waals surface area (Å²) in [5.41, 5.74) is 5.87. The maximum absolute atomic E-state index is 3.63. The fourth-order valence-electron chi connectivity index (χ4n) is 2.43. The van der Waals surface area contributed by atoms with Crippen molar-refractivity contribution in [3.8, 4) is 0 Å². The first-order valence-corrected chi connectivity index (χ1v) is 6.08. The smallest absolute Gasteiger partial charge is 0.0213 e. The average Bonchev–Trinajstić information content (AvgIpc) is 2.42. The Morgan fingerprint density at radius 1 is 0.733 bits per heavy atom. The lowest BCUT2D eigenvalue weighted by Crippen LogP contribution is -1.97. The number of rotatable bonds is 3. The van der Waals surface area contributed by atoms with E-state index in [0.717, 1.165) is 0 Å². The molecule has 1 rings (SSSR count). The van der Waals surface area contributed by atoms with Crippen LogP contribution in [0.3, 0.4) is 0 Å². The Morgan fingerprint density at radius 2 is 1.20 bits per heavy atom. The molecule has 0 aliphatic heterocycles. The van der Waals surface area contributed by atoms with Crippen molar-refractivity contribution >= 4 is 0 Å². The topological polar surface area (TPSA) is 15.8 Å². The van der Waals surface area contributed by atoms with E-state index >= 15 is 0 Å². The molecule has 0 aliphatic rings. The molecule has 1 heteroatoms. The van der Waals surface area contributed by atoms with Gasteiger partial charge in [0.2, 0.25) is 0 Å². The van der Waals surface area contributed by atoms with Gasteiger partial charge in [-0.25, -0.2) is 0 Å². The summed E-state index contributed by atoms with van der Waals surface area (Å²) in [6, 6.07) is 0. The summed E-state index contributed by atoms with van der Waals surface area (Å²) in [6.07, 6.45) is 0. The number of hydrogen-bond donors (Lipinski definition) is 1. The maximum atomic E-state index is 3.63. The first-order chi connectivity index (χ1) is 6.86. The summed E-state index contributed by atoms with van der Waals surface area (Å²) in [4.78, 5) is 3.63. The lowest BCUT2D eigenvalue weighted by atomic mass is 9.93. The fraction of sp³-hybridized carbons (Fsp3) is 0.714. The quantitative estimate of drug-likeness (QED) is 0.740. The van der Waals surface area contributed by atoms with E-state index < -0.39 is 0 Å². The molecular formula is C14H25N. The largest absolute Gasteiger partial charge is 0.361 e. The molecule has 0 saturated carbocycles. The van der Waals surface area contributed by atoms with Gasteiger partial charge in [-0.05, 0) is 35.8 Å². The van der Waals surface area contributed by atoms with E-state index in [-0.39, 0.29) is 0 Å². The molecule has 0 spiro atoms. The Kier molecular flexibility index (Phi) is 3.64. The number of aromatic nitrogens is 1. The van der Waals surface area contributed by atoms with E-state index in [9.17, 15) is 0 Å². The van der Waals surface area contributed by atoms with Crippen molar-refractivity contribution in [3.05, 3.63) is 22.5 Å². The fourth-order valence-corrected chi connectivity index (χ4v) is 2.43. The molecule has 0 bridgehead atoms. The molecule has 0 aliphatic carbocycles. The van der Waals surface area contributed by atoms with Crippen LogP contribution in [0.4, 0.5) is 0 Å². The van der Waals surface area contributed by atoms with Crippen LogP contribution in [0.5, 0.6) is 0 Å². The zero-order valence-electron chi connectivity index (χ0n) is 11.2. The Bertz CT molecular complexity index is 329.